The second-order valence-corrected chi connectivity index (χ2v) is 10.6. The highest BCUT2D eigenvalue weighted by molar-refractivity contribution is 5.70. The highest BCUT2D eigenvalue weighted by Crippen LogP contribution is 2.68. The molecule has 0 bridgehead atoms. The van der Waals surface area contributed by atoms with Gasteiger partial charge in [-0.25, -0.2) is 0 Å². The Morgan fingerprint density at radius 3 is 2.27 bits per heavy atom. The molecule has 0 radical (unpaired) electrons. The van der Waals surface area contributed by atoms with Crippen LogP contribution in [-0.4, -0.2) is 33.5 Å². The van der Waals surface area contributed by atoms with Crippen LogP contribution in [-0.2, 0) is 4.79 Å². The normalized spacial score (nSPS) is 54.7. The fourth-order valence-corrected chi connectivity index (χ4v) is 8.31. The number of carbonyl (C=O) groups is 1. The Morgan fingerprint density at radius 2 is 1.58 bits per heavy atom. The molecular weight excluding hydrogens is 328 g/mol. The molecule has 0 aromatic rings. The molecule has 4 rings (SSSR count). The van der Waals surface area contributed by atoms with E-state index in [2.05, 4.69) is 13.8 Å². The maximum absolute atomic E-state index is 11.6. The van der Waals surface area contributed by atoms with Gasteiger partial charge in [-0.1, -0.05) is 20.8 Å². The number of rotatable bonds is 2. The third-order valence-electron chi connectivity index (χ3n) is 9.72. The lowest BCUT2D eigenvalue weighted by Gasteiger charge is -2.62. The maximum atomic E-state index is 11.6. The van der Waals surface area contributed by atoms with Crippen molar-refractivity contribution in [2.24, 2.45) is 46.3 Å². The maximum Gasteiger partial charge on any atom is 0.306 e. The van der Waals surface area contributed by atoms with Crippen LogP contribution in [0.2, 0.25) is 0 Å². The number of aliphatic hydroxyl groups is 2. The molecule has 0 saturated heterocycles. The zero-order chi connectivity index (χ0) is 18.9. The van der Waals surface area contributed by atoms with E-state index in [1.165, 1.54) is 0 Å². The van der Waals surface area contributed by atoms with Gasteiger partial charge < -0.3 is 15.3 Å². The Balaban J connectivity index is 1.63. The van der Waals surface area contributed by atoms with E-state index in [0.29, 0.717) is 17.8 Å². The van der Waals surface area contributed by atoms with Gasteiger partial charge in [-0.2, -0.15) is 0 Å². The van der Waals surface area contributed by atoms with Gasteiger partial charge in [-0.15, -0.1) is 0 Å². The molecule has 4 aliphatic rings. The smallest absolute Gasteiger partial charge is 0.306 e. The van der Waals surface area contributed by atoms with Gasteiger partial charge in [-0.3, -0.25) is 4.79 Å². The quantitative estimate of drug-likeness (QED) is 0.698. The first-order valence-electron chi connectivity index (χ1n) is 10.8. The second kappa shape index (κ2) is 6.20. The topological polar surface area (TPSA) is 77.8 Å². The van der Waals surface area contributed by atoms with E-state index in [-0.39, 0.29) is 40.8 Å². The number of fused-ring (bicyclic) bond motifs is 5. The van der Waals surface area contributed by atoms with Crippen LogP contribution in [0.25, 0.3) is 0 Å². The standard InChI is InChI=1S/C22H36O4/c1-12(20(25)26)15-4-5-16-14-11-19(24)18-10-13(23)6-8-22(18,3)17(14)7-9-21(15,16)2/h12-19,23-24H,4-11H2,1-3H3,(H,25,26). The monoisotopic (exact) mass is 364 g/mol. The third-order valence-corrected chi connectivity index (χ3v) is 9.72. The molecule has 4 heteroatoms. The molecule has 0 aromatic heterocycles. The molecule has 0 amide bonds. The van der Waals surface area contributed by atoms with Crippen LogP contribution < -0.4 is 0 Å². The number of hydrogen-bond donors (Lipinski definition) is 3. The summed E-state index contributed by atoms with van der Waals surface area (Å²) >= 11 is 0. The molecule has 0 aliphatic heterocycles. The van der Waals surface area contributed by atoms with Gasteiger partial charge in [0.05, 0.1) is 18.1 Å². The highest BCUT2D eigenvalue weighted by Gasteiger charge is 2.62. The zero-order valence-electron chi connectivity index (χ0n) is 16.5. The molecule has 4 nitrogen and oxygen atoms in total. The number of carboxylic acid groups (broad SMARTS) is 1. The van der Waals surface area contributed by atoms with E-state index in [0.717, 1.165) is 51.4 Å². The van der Waals surface area contributed by atoms with Crippen LogP contribution in [0.15, 0.2) is 0 Å². The molecule has 3 N–H and O–H groups in total. The second-order valence-electron chi connectivity index (χ2n) is 10.6. The summed E-state index contributed by atoms with van der Waals surface area (Å²) in [6, 6.07) is 0. The molecule has 4 aliphatic carbocycles. The summed E-state index contributed by atoms with van der Waals surface area (Å²) < 4.78 is 0. The van der Waals surface area contributed by atoms with E-state index in [1.807, 2.05) is 6.92 Å². The number of aliphatic carboxylic acids is 1. The lowest BCUT2D eigenvalue weighted by Crippen LogP contribution is -2.58. The summed E-state index contributed by atoms with van der Waals surface area (Å²) in [4.78, 5) is 11.6. The van der Waals surface area contributed by atoms with Crippen LogP contribution in [0.4, 0.5) is 0 Å². The SMILES string of the molecule is CC(C(=O)O)C1CCC2C3CC(O)C4CC(O)CCC4(C)C3CCC12C. The van der Waals surface area contributed by atoms with Gasteiger partial charge in [0.2, 0.25) is 0 Å². The average molecular weight is 365 g/mol. The Hall–Kier alpha value is -0.610. The van der Waals surface area contributed by atoms with Gasteiger partial charge >= 0.3 is 5.97 Å². The molecule has 0 heterocycles. The zero-order valence-corrected chi connectivity index (χ0v) is 16.5. The predicted octanol–water partition coefficient (Wildman–Crippen LogP) is 3.70. The number of aliphatic hydroxyl groups excluding tert-OH is 2. The van der Waals surface area contributed by atoms with E-state index in [9.17, 15) is 20.1 Å². The van der Waals surface area contributed by atoms with Crippen molar-refractivity contribution in [3.63, 3.8) is 0 Å². The van der Waals surface area contributed by atoms with Gasteiger partial charge in [0.15, 0.2) is 0 Å². The van der Waals surface area contributed by atoms with Crippen molar-refractivity contribution in [2.75, 3.05) is 0 Å². The largest absolute Gasteiger partial charge is 0.481 e. The summed E-state index contributed by atoms with van der Waals surface area (Å²) in [6.45, 7) is 6.61. The lowest BCUT2D eigenvalue weighted by atomic mass is 9.44. The molecule has 10 atom stereocenters. The van der Waals surface area contributed by atoms with Crippen molar-refractivity contribution in [1.82, 2.24) is 0 Å². The van der Waals surface area contributed by atoms with Crippen molar-refractivity contribution in [3.8, 4) is 0 Å². The highest BCUT2D eigenvalue weighted by atomic mass is 16.4. The molecule has 0 spiro atoms. The first-order chi connectivity index (χ1) is 12.2. The Morgan fingerprint density at radius 1 is 0.923 bits per heavy atom. The van der Waals surface area contributed by atoms with E-state index in [1.54, 1.807) is 0 Å². The predicted molar refractivity (Wildman–Crippen MR) is 99.4 cm³/mol. The fraction of sp³-hybridized carbons (Fsp3) is 0.955. The van der Waals surface area contributed by atoms with Crippen LogP contribution in [0.3, 0.4) is 0 Å². The Bertz CT molecular complexity index is 576. The van der Waals surface area contributed by atoms with Crippen molar-refractivity contribution in [1.29, 1.82) is 0 Å². The average Bonchev–Trinajstić information content (AvgIpc) is 2.93. The third kappa shape index (κ3) is 2.51. The summed E-state index contributed by atoms with van der Waals surface area (Å²) in [5, 5.41) is 30.7. The molecule has 26 heavy (non-hydrogen) atoms. The van der Waals surface area contributed by atoms with E-state index in [4.69, 9.17) is 0 Å². The van der Waals surface area contributed by atoms with Gasteiger partial charge in [0.1, 0.15) is 0 Å². The Kier molecular flexibility index (Phi) is 4.47. The first kappa shape index (κ1) is 18.7. The lowest BCUT2D eigenvalue weighted by molar-refractivity contribution is -0.174. The summed E-state index contributed by atoms with van der Waals surface area (Å²) in [6.07, 6.45) is 7.36. The Labute approximate surface area is 157 Å². The van der Waals surface area contributed by atoms with Crippen LogP contribution in [0.1, 0.15) is 72.1 Å². The minimum atomic E-state index is -0.657. The van der Waals surface area contributed by atoms with Crippen LogP contribution >= 0.6 is 0 Å². The number of carboxylic acids is 1. The molecular formula is C22H36O4. The van der Waals surface area contributed by atoms with Gasteiger partial charge in [0.25, 0.3) is 0 Å². The molecule has 0 aromatic carbocycles. The van der Waals surface area contributed by atoms with Crippen molar-refractivity contribution < 1.29 is 20.1 Å². The van der Waals surface area contributed by atoms with Crippen LogP contribution in [0.5, 0.6) is 0 Å². The first-order valence-corrected chi connectivity index (χ1v) is 10.8. The van der Waals surface area contributed by atoms with Gasteiger partial charge in [-0.05, 0) is 91.8 Å². The van der Waals surface area contributed by atoms with Crippen molar-refractivity contribution in [2.45, 2.75) is 84.3 Å². The molecule has 148 valence electrons. The van der Waals surface area contributed by atoms with Crippen LogP contribution in [0, 0.1) is 46.3 Å². The minimum absolute atomic E-state index is 0.107. The van der Waals surface area contributed by atoms with Crippen molar-refractivity contribution in [3.05, 3.63) is 0 Å². The van der Waals surface area contributed by atoms with E-state index < -0.39 is 5.97 Å². The minimum Gasteiger partial charge on any atom is -0.481 e. The number of hydrogen-bond acceptors (Lipinski definition) is 3. The summed E-state index contributed by atoms with van der Waals surface area (Å²) in [5.41, 5.74) is 0.246. The summed E-state index contributed by atoms with van der Waals surface area (Å²) in [7, 11) is 0. The molecule has 4 saturated carbocycles. The summed E-state index contributed by atoms with van der Waals surface area (Å²) in [5.74, 6) is 1.26. The van der Waals surface area contributed by atoms with E-state index >= 15 is 0 Å². The van der Waals surface area contributed by atoms with Crippen molar-refractivity contribution >= 4 is 5.97 Å². The molecule has 4 fully saturated rings. The molecule has 10 unspecified atom stereocenters. The fourth-order valence-electron chi connectivity index (χ4n) is 8.31. The van der Waals surface area contributed by atoms with Gasteiger partial charge in [0, 0.05) is 0 Å².